The molecule has 0 bridgehead atoms. The predicted octanol–water partition coefficient (Wildman–Crippen LogP) is 2.37. The van der Waals surface area contributed by atoms with Crippen LogP contribution in [0.2, 0.25) is 0 Å². The van der Waals surface area contributed by atoms with Crippen LogP contribution in [0.15, 0.2) is 22.6 Å². The number of ether oxygens (including phenoxy) is 1. The standard InChI is InChI=1S/C19H21F2N3O3/c1-26-14-4-7-24(10-14)19(25)18-22-16-11-23(6-5-17(16)27-18)9-12-8-13(20)2-3-15(12)21/h2-3,8,14H,4-7,9-11H2,1H3/t14-/m1/s1. The minimum atomic E-state index is -0.460. The molecule has 1 aromatic heterocycles. The fourth-order valence-corrected chi connectivity index (χ4v) is 3.62. The Bertz CT molecular complexity index is 855. The zero-order chi connectivity index (χ0) is 19.0. The van der Waals surface area contributed by atoms with E-state index >= 15 is 0 Å². The third kappa shape index (κ3) is 3.72. The summed E-state index contributed by atoms with van der Waals surface area (Å²) in [6.07, 6.45) is 1.43. The maximum Gasteiger partial charge on any atom is 0.309 e. The summed E-state index contributed by atoms with van der Waals surface area (Å²) in [6.45, 7) is 2.49. The molecule has 8 heteroatoms. The van der Waals surface area contributed by atoms with Crippen LogP contribution in [0.5, 0.6) is 0 Å². The first-order valence-corrected chi connectivity index (χ1v) is 9.00. The minimum absolute atomic E-state index is 0.0511. The molecule has 6 nitrogen and oxygen atoms in total. The van der Waals surface area contributed by atoms with Crippen LogP contribution in [0.3, 0.4) is 0 Å². The molecule has 4 rings (SSSR count). The summed E-state index contributed by atoms with van der Waals surface area (Å²) in [4.78, 5) is 20.6. The molecule has 2 aliphatic heterocycles. The van der Waals surface area contributed by atoms with Gasteiger partial charge in [0, 0.05) is 51.8 Å². The average molecular weight is 377 g/mol. The van der Waals surface area contributed by atoms with Crippen LogP contribution in [-0.4, -0.2) is 53.5 Å². The summed E-state index contributed by atoms with van der Waals surface area (Å²) >= 11 is 0. The lowest BCUT2D eigenvalue weighted by molar-refractivity contribution is 0.0687. The number of aromatic nitrogens is 1. The van der Waals surface area contributed by atoms with E-state index in [-0.39, 0.29) is 24.4 Å². The van der Waals surface area contributed by atoms with Crippen molar-refractivity contribution in [1.82, 2.24) is 14.8 Å². The molecular weight excluding hydrogens is 356 g/mol. The van der Waals surface area contributed by atoms with Crippen molar-refractivity contribution in [3.63, 3.8) is 0 Å². The van der Waals surface area contributed by atoms with Crippen LogP contribution in [0, 0.1) is 11.6 Å². The number of hydrogen-bond acceptors (Lipinski definition) is 5. The molecule has 3 heterocycles. The predicted molar refractivity (Wildman–Crippen MR) is 92.0 cm³/mol. The lowest BCUT2D eigenvalue weighted by atomic mass is 10.1. The summed E-state index contributed by atoms with van der Waals surface area (Å²) in [5.74, 6) is -0.336. The Morgan fingerprint density at radius 3 is 3.00 bits per heavy atom. The monoisotopic (exact) mass is 377 g/mol. The van der Waals surface area contributed by atoms with Gasteiger partial charge in [0.15, 0.2) is 0 Å². The first kappa shape index (κ1) is 18.1. The van der Waals surface area contributed by atoms with Crippen LogP contribution in [-0.2, 0) is 24.2 Å². The Balaban J connectivity index is 1.44. The van der Waals surface area contributed by atoms with Gasteiger partial charge in [-0.1, -0.05) is 0 Å². The summed E-state index contributed by atoms with van der Waals surface area (Å²) < 4.78 is 38.2. The van der Waals surface area contributed by atoms with E-state index in [0.29, 0.717) is 49.6 Å². The van der Waals surface area contributed by atoms with E-state index in [9.17, 15) is 13.6 Å². The highest BCUT2D eigenvalue weighted by Crippen LogP contribution is 2.24. The number of benzene rings is 1. The molecule has 0 N–H and O–H groups in total. The average Bonchev–Trinajstić information content (AvgIpc) is 3.30. The van der Waals surface area contributed by atoms with Crippen molar-refractivity contribution in [1.29, 1.82) is 0 Å². The van der Waals surface area contributed by atoms with Gasteiger partial charge < -0.3 is 14.1 Å². The number of fused-ring (bicyclic) bond motifs is 1. The molecule has 0 unspecified atom stereocenters. The topological polar surface area (TPSA) is 58.8 Å². The quantitative estimate of drug-likeness (QED) is 0.819. The molecule has 0 saturated carbocycles. The van der Waals surface area contributed by atoms with E-state index in [1.807, 2.05) is 4.90 Å². The highest BCUT2D eigenvalue weighted by Gasteiger charge is 2.31. The lowest BCUT2D eigenvalue weighted by Gasteiger charge is -2.25. The summed E-state index contributed by atoms with van der Waals surface area (Å²) in [7, 11) is 1.64. The van der Waals surface area contributed by atoms with Crippen molar-refractivity contribution in [2.45, 2.75) is 32.0 Å². The van der Waals surface area contributed by atoms with E-state index in [4.69, 9.17) is 9.15 Å². The number of amides is 1. The van der Waals surface area contributed by atoms with Gasteiger partial charge in [-0.05, 0) is 24.6 Å². The zero-order valence-corrected chi connectivity index (χ0v) is 15.1. The number of halogens is 2. The Labute approximate surface area is 155 Å². The molecule has 1 atom stereocenters. The number of hydrogen-bond donors (Lipinski definition) is 0. The van der Waals surface area contributed by atoms with E-state index < -0.39 is 11.6 Å². The number of carbonyl (C=O) groups is 1. The molecule has 0 aliphatic carbocycles. The van der Waals surface area contributed by atoms with Gasteiger partial charge in [-0.15, -0.1) is 0 Å². The normalized spacial score (nSPS) is 20.1. The Kier molecular flexibility index (Phi) is 4.92. The van der Waals surface area contributed by atoms with Crippen molar-refractivity contribution >= 4 is 5.91 Å². The molecule has 1 saturated heterocycles. The van der Waals surface area contributed by atoms with E-state index in [1.54, 1.807) is 12.0 Å². The van der Waals surface area contributed by atoms with Crippen molar-refractivity contribution in [3.8, 4) is 0 Å². The molecule has 2 aliphatic rings. The minimum Gasteiger partial charge on any atom is -0.437 e. The molecule has 2 aromatic rings. The second-order valence-corrected chi connectivity index (χ2v) is 6.98. The molecule has 1 fully saturated rings. The fraction of sp³-hybridized carbons (Fsp3) is 0.474. The van der Waals surface area contributed by atoms with Crippen LogP contribution in [0.25, 0.3) is 0 Å². The van der Waals surface area contributed by atoms with Crippen LogP contribution >= 0.6 is 0 Å². The van der Waals surface area contributed by atoms with Gasteiger partial charge in [-0.2, -0.15) is 0 Å². The van der Waals surface area contributed by atoms with Crippen molar-refractivity contribution in [2.75, 3.05) is 26.7 Å². The SMILES string of the molecule is CO[C@@H]1CCN(C(=O)c2nc3c(o2)CCN(Cc2cc(F)ccc2F)C3)C1. The third-order valence-electron chi connectivity index (χ3n) is 5.16. The molecule has 0 radical (unpaired) electrons. The Hall–Kier alpha value is -2.32. The van der Waals surface area contributed by atoms with Gasteiger partial charge in [-0.3, -0.25) is 9.69 Å². The number of likely N-dealkylation sites (tertiary alicyclic amines) is 1. The van der Waals surface area contributed by atoms with Gasteiger partial charge in [0.2, 0.25) is 0 Å². The second-order valence-electron chi connectivity index (χ2n) is 6.98. The molecule has 144 valence electrons. The van der Waals surface area contributed by atoms with Crippen LogP contribution in [0.4, 0.5) is 8.78 Å². The highest BCUT2D eigenvalue weighted by molar-refractivity contribution is 5.90. The molecule has 27 heavy (non-hydrogen) atoms. The molecule has 1 amide bonds. The van der Waals surface area contributed by atoms with Crippen molar-refractivity contribution in [2.24, 2.45) is 0 Å². The number of rotatable bonds is 4. The van der Waals surface area contributed by atoms with E-state index in [1.165, 1.54) is 6.07 Å². The zero-order valence-electron chi connectivity index (χ0n) is 15.1. The lowest BCUT2D eigenvalue weighted by Crippen LogP contribution is -2.30. The second kappa shape index (κ2) is 7.36. The molecule has 0 spiro atoms. The summed E-state index contributed by atoms with van der Waals surface area (Å²) in [5, 5.41) is 0. The van der Waals surface area contributed by atoms with Gasteiger partial charge in [0.1, 0.15) is 17.4 Å². The number of oxazole rings is 1. The van der Waals surface area contributed by atoms with Crippen LogP contribution < -0.4 is 0 Å². The van der Waals surface area contributed by atoms with E-state index in [2.05, 4.69) is 4.98 Å². The van der Waals surface area contributed by atoms with Gasteiger partial charge in [0.25, 0.3) is 5.89 Å². The van der Waals surface area contributed by atoms with Gasteiger partial charge in [0.05, 0.1) is 11.8 Å². The molecule has 1 aromatic carbocycles. The summed E-state index contributed by atoms with van der Waals surface area (Å²) in [5.41, 5.74) is 0.991. The number of methoxy groups -OCH3 is 1. The first-order chi connectivity index (χ1) is 13.0. The Morgan fingerprint density at radius 2 is 2.22 bits per heavy atom. The largest absolute Gasteiger partial charge is 0.437 e. The summed E-state index contributed by atoms with van der Waals surface area (Å²) in [6, 6.07) is 3.45. The third-order valence-corrected chi connectivity index (χ3v) is 5.16. The number of carbonyl (C=O) groups excluding carboxylic acids is 1. The maximum atomic E-state index is 13.9. The van der Waals surface area contributed by atoms with Crippen LogP contribution in [0.1, 0.15) is 34.1 Å². The van der Waals surface area contributed by atoms with Crippen molar-refractivity contribution < 1.29 is 22.7 Å². The fourth-order valence-electron chi connectivity index (χ4n) is 3.62. The maximum absolute atomic E-state index is 13.9. The smallest absolute Gasteiger partial charge is 0.309 e. The number of nitrogens with zero attached hydrogens (tertiary/aromatic N) is 3. The van der Waals surface area contributed by atoms with Gasteiger partial charge >= 0.3 is 5.91 Å². The highest BCUT2D eigenvalue weighted by atomic mass is 19.1. The van der Waals surface area contributed by atoms with Gasteiger partial charge in [-0.25, -0.2) is 13.8 Å². The first-order valence-electron chi connectivity index (χ1n) is 9.00. The molecular formula is C19H21F2N3O3. The Morgan fingerprint density at radius 1 is 1.37 bits per heavy atom. The van der Waals surface area contributed by atoms with Crippen molar-refractivity contribution in [3.05, 3.63) is 52.7 Å². The van der Waals surface area contributed by atoms with E-state index in [0.717, 1.165) is 18.6 Å².